The number of Topliss-reactive ketones (excluding diaryl/α,β-unsaturated/α-hetero) is 1. The lowest BCUT2D eigenvalue weighted by Crippen LogP contribution is -2.34. The fourth-order valence-corrected chi connectivity index (χ4v) is 2.32. The summed E-state index contributed by atoms with van der Waals surface area (Å²) in [4.78, 5) is 27.9. The van der Waals surface area contributed by atoms with Crippen LogP contribution in [0.4, 0.5) is 5.82 Å². The summed E-state index contributed by atoms with van der Waals surface area (Å²) in [5.41, 5.74) is 4.57. The van der Waals surface area contributed by atoms with Gasteiger partial charge in [-0.3, -0.25) is 14.6 Å². The smallest absolute Gasteiger partial charge is 0.305 e. The molecule has 0 radical (unpaired) electrons. The Labute approximate surface area is 127 Å². The first-order valence-corrected chi connectivity index (χ1v) is 7.02. The van der Waals surface area contributed by atoms with Gasteiger partial charge in [0.15, 0.2) is 11.5 Å². The van der Waals surface area contributed by atoms with Crippen LogP contribution in [0.25, 0.3) is 0 Å². The fourth-order valence-electron chi connectivity index (χ4n) is 2.32. The minimum absolute atomic E-state index is 0.00161. The summed E-state index contributed by atoms with van der Waals surface area (Å²) in [5.74, 6) is -0.596. The third-order valence-corrected chi connectivity index (χ3v) is 3.55. The van der Waals surface area contributed by atoms with Crippen molar-refractivity contribution in [2.75, 3.05) is 12.8 Å². The molecule has 118 valence electrons. The van der Waals surface area contributed by atoms with E-state index in [1.165, 1.54) is 7.11 Å². The molecule has 0 amide bonds. The molecular formula is C14H18N4O4. The average molecular weight is 306 g/mol. The number of hydrogen-bond donors (Lipinski definition) is 1. The SMILES string of the molecule is COC(=O)CCCCCC1(C(=O)c2nonc2N)C=CC=N1. The number of nitrogen functional groups attached to an aromatic ring is 1. The highest BCUT2D eigenvalue weighted by atomic mass is 16.6. The number of allylic oxidation sites excluding steroid dienone is 1. The number of carbonyl (C=O) groups is 2. The highest BCUT2D eigenvalue weighted by Crippen LogP contribution is 2.29. The second-order valence-corrected chi connectivity index (χ2v) is 5.03. The van der Waals surface area contributed by atoms with Gasteiger partial charge in [-0.05, 0) is 35.3 Å². The lowest BCUT2D eigenvalue weighted by Gasteiger charge is -2.21. The Hall–Kier alpha value is -2.51. The Morgan fingerprint density at radius 2 is 2.14 bits per heavy atom. The second-order valence-electron chi connectivity index (χ2n) is 5.03. The zero-order valence-corrected chi connectivity index (χ0v) is 12.3. The summed E-state index contributed by atoms with van der Waals surface area (Å²) >= 11 is 0. The Morgan fingerprint density at radius 1 is 1.32 bits per heavy atom. The van der Waals surface area contributed by atoms with E-state index in [0.717, 1.165) is 12.8 Å². The summed E-state index contributed by atoms with van der Waals surface area (Å²) in [5, 5.41) is 6.98. The van der Waals surface area contributed by atoms with Gasteiger partial charge in [0.2, 0.25) is 5.78 Å². The molecular weight excluding hydrogens is 288 g/mol. The van der Waals surface area contributed by atoms with Crippen LogP contribution in [0.5, 0.6) is 0 Å². The Kier molecular flexibility index (Phi) is 5.03. The topological polar surface area (TPSA) is 121 Å². The summed E-state index contributed by atoms with van der Waals surface area (Å²) in [6.07, 6.45) is 8.13. The first kappa shape index (κ1) is 15.9. The van der Waals surface area contributed by atoms with Crippen molar-refractivity contribution >= 4 is 23.8 Å². The number of ketones is 1. The van der Waals surface area contributed by atoms with E-state index in [9.17, 15) is 9.59 Å². The van der Waals surface area contributed by atoms with Crippen LogP contribution in [0.3, 0.4) is 0 Å². The van der Waals surface area contributed by atoms with Crippen LogP contribution >= 0.6 is 0 Å². The van der Waals surface area contributed by atoms with E-state index >= 15 is 0 Å². The number of rotatable bonds is 8. The number of aromatic nitrogens is 2. The summed E-state index contributed by atoms with van der Waals surface area (Å²) in [7, 11) is 1.37. The van der Waals surface area contributed by atoms with E-state index in [-0.39, 0.29) is 23.3 Å². The zero-order chi connectivity index (χ0) is 16.0. The van der Waals surface area contributed by atoms with Crippen LogP contribution in [0, 0.1) is 0 Å². The van der Waals surface area contributed by atoms with E-state index in [4.69, 9.17) is 5.73 Å². The van der Waals surface area contributed by atoms with Crippen molar-refractivity contribution in [2.45, 2.75) is 37.6 Å². The molecule has 22 heavy (non-hydrogen) atoms. The van der Waals surface area contributed by atoms with E-state index in [2.05, 4.69) is 24.7 Å². The molecule has 1 aliphatic rings. The van der Waals surface area contributed by atoms with Crippen molar-refractivity contribution in [3.63, 3.8) is 0 Å². The van der Waals surface area contributed by atoms with Crippen LogP contribution in [-0.2, 0) is 9.53 Å². The molecule has 1 atom stereocenters. The highest BCUT2D eigenvalue weighted by molar-refractivity contribution is 6.08. The van der Waals surface area contributed by atoms with Crippen LogP contribution in [0.2, 0.25) is 0 Å². The number of aliphatic imine (C=N–C) groups is 1. The molecule has 0 saturated heterocycles. The number of hydrogen-bond acceptors (Lipinski definition) is 8. The molecule has 0 fully saturated rings. The number of unbranched alkanes of at least 4 members (excludes halogenated alkanes) is 2. The fraction of sp³-hybridized carbons (Fsp3) is 0.500. The van der Waals surface area contributed by atoms with E-state index in [0.29, 0.717) is 19.3 Å². The van der Waals surface area contributed by atoms with Crippen molar-refractivity contribution in [1.29, 1.82) is 0 Å². The Morgan fingerprint density at radius 3 is 2.73 bits per heavy atom. The number of carbonyl (C=O) groups excluding carboxylic acids is 2. The third-order valence-electron chi connectivity index (χ3n) is 3.55. The van der Waals surface area contributed by atoms with Crippen molar-refractivity contribution in [3.05, 3.63) is 17.8 Å². The van der Waals surface area contributed by atoms with Gasteiger partial charge in [-0.25, -0.2) is 4.63 Å². The lowest BCUT2D eigenvalue weighted by atomic mass is 9.87. The van der Waals surface area contributed by atoms with Gasteiger partial charge in [0.1, 0.15) is 5.54 Å². The Bertz CT molecular complexity index is 594. The summed E-state index contributed by atoms with van der Waals surface area (Å²) < 4.78 is 9.06. The minimum atomic E-state index is -1.00. The van der Waals surface area contributed by atoms with Gasteiger partial charge in [0.25, 0.3) is 0 Å². The van der Waals surface area contributed by atoms with Gasteiger partial charge < -0.3 is 10.5 Å². The van der Waals surface area contributed by atoms with Gasteiger partial charge in [0.05, 0.1) is 7.11 Å². The number of anilines is 1. The molecule has 0 saturated carbocycles. The quantitative estimate of drug-likeness (QED) is 0.437. The molecule has 1 aromatic heterocycles. The van der Waals surface area contributed by atoms with Crippen molar-refractivity contribution in [3.8, 4) is 0 Å². The summed E-state index contributed by atoms with van der Waals surface area (Å²) in [6, 6.07) is 0. The average Bonchev–Trinajstić information content (AvgIpc) is 3.15. The molecule has 0 spiro atoms. The molecule has 2 heterocycles. The van der Waals surface area contributed by atoms with E-state index in [1.54, 1.807) is 18.4 Å². The van der Waals surface area contributed by atoms with Gasteiger partial charge in [-0.15, -0.1) is 0 Å². The van der Waals surface area contributed by atoms with Crippen molar-refractivity contribution in [1.82, 2.24) is 10.3 Å². The lowest BCUT2D eigenvalue weighted by molar-refractivity contribution is -0.140. The largest absolute Gasteiger partial charge is 0.469 e. The standard InChI is InChI=1S/C14H18N4O4/c1-21-10(19)6-3-2-4-7-14(8-5-9-16-14)12(20)11-13(15)18-22-17-11/h5,8-9H,2-4,6-7H2,1H3,(H2,15,18). The van der Waals surface area contributed by atoms with E-state index < -0.39 is 5.54 Å². The molecule has 8 nitrogen and oxygen atoms in total. The summed E-state index contributed by atoms with van der Waals surface area (Å²) in [6.45, 7) is 0. The van der Waals surface area contributed by atoms with Gasteiger partial charge in [-0.2, -0.15) is 0 Å². The molecule has 0 aromatic carbocycles. The maximum absolute atomic E-state index is 12.6. The number of nitrogens with zero attached hydrogens (tertiary/aromatic N) is 3. The molecule has 0 bridgehead atoms. The first-order chi connectivity index (χ1) is 10.6. The molecule has 0 aliphatic carbocycles. The van der Waals surface area contributed by atoms with Crippen LogP contribution in [0.1, 0.15) is 42.6 Å². The first-order valence-electron chi connectivity index (χ1n) is 7.02. The maximum atomic E-state index is 12.6. The molecule has 8 heteroatoms. The van der Waals surface area contributed by atoms with Crippen LogP contribution in [0.15, 0.2) is 21.8 Å². The van der Waals surface area contributed by atoms with Crippen molar-refractivity contribution in [2.24, 2.45) is 4.99 Å². The predicted molar refractivity (Wildman–Crippen MR) is 78.5 cm³/mol. The monoisotopic (exact) mass is 306 g/mol. The Balaban J connectivity index is 1.94. The molecule has 2 N–H and O–H groups in total. The normalized spacial score (nSPS) is 19.5. The zero-order valence-electron chi connectivity index (χ0n) is 12.3. The van der Waals surface area contributed by atoms with Gasteiger partial charge >= 0.3 is 5.97 Å². The second kappa shape index (κ2) is 6.97. The molecule has 1 aromatic rings. The van der Waals surface area contributed by atoms with E-state index in [1.807, 2.05) is 0 Å². The van der Waals surface area contributed by atoms with Gasteiger partial charge in [-0.1, -0.05) is 12.8 Å². The predicted octanol–water partition coefficient (Wildman–Crippen LogP) is 1.34. The molecule has 2 rings (SSSR count). The van der Waals surface area contributed by atoms with Crippen LogP contribution < -0.4 is 5.73 Å². The maximum Gasteiger partial charge on any atom is 0.305 e. The number of esters is 1. The highest BCUT2D eigenvalue weighted by Gasteiger charge is 2.39. The van der Waals surface area contributed by atoms with Crippen molar-refractivity contribution < 1.29 is 19.0 Å². The van der Waals surface area contributed by atoms with Crippen LogP contribution in [-0.4, -0.2) is 40.9 Å². The third kappa shape index (κ3) is 3.38. The number of nitrogens with two attached hydrogens (primary N) is 1. The van der Waals surface area contributed by atoms with Gasteiger partial charge in [0, 0.05) is 12.6 Å². The molecule has 1 unspecified atom stereocenters. The minimum Gasteiger partial charge on any atom is -0.469 e. The number of ether oxygens (including phenoxy) is 1. The molecule has 1 aliphatic heterocycles. The number of methoxy groups -OCH3 is 1.